The van der Waals surface area contributed by atoms with E-state index in [4.69, 9.17) is 25.5 Å². The largest absolute Gasteiger partial charge is 0.497 e. The van der Waals surface area contributed by atoms with Gasteiger partial charge in [0.15, 0.2) is 4.80 Å². The summed E-state index contributed by atoms with van der Waals surface area (Å²) in [6.07, 6.45) is 1.54. The molecule has 0 saturated carbocycles. The lowest BCUT2D eigenvalue weighted by Crippen LogP contribution is -2.40. The molecular weight excluding hydrogens is 558 g/mol. The summed E-state index contributed by atoms with van der Waals surface area (Å²) in [6, 6.07) is 13.8. The smallest absolute Gasteiger partial charge is 0.338 e. The number of methoxy groups -OCH3 is 1. The van der Waals surface area contributed by atoms with Crippen LogP contribution in [0.5, 0.6) is 5.75 Å². The number of hydrogen-bond acceptors (Lipinski definition) is 9. The van der Waals surface area contributed by atoms with E-state index in [9.17, 15) is 19.7 Å². The van der Waals surface area contributed by atoms with Gasteiger partial charge in [-0.2, -0.15) is 0 Å². The van der Waals surface area contributed by atoms with Gasteiger partial charge in [0, 0.05) is 11.1 Å². The van der Waals surface area contributed by atoms with E-state index in [0.717, 1.165) is 11.3 Å². The van der Waals surface area contributed by atoms with Crippen molar-refractivity contribution in [3.05, 3.63) is 112 Å². The number of rotatable bonds is 7. The zero-order valence-corrected chi connectivity index (χ0v) is 23.1. The second kappa shape index (κ2) is 10.9. The summed E-state index contributed by atoms with van der Waals surface area (Å²) in [4.78, 5) is 42.8. The van der Waals surface area contributed by atoms with E-state index in [2.05, 4.69) is 4.99 Å². The Morgan fingerprint density at radius 1 is 1.25 bits per heavy atom. The third-order valence-corrected chi connectivity index (χ3v) is 7.61. The van der Waals surface area contributed by atoms with Crippen LogP contribution in [0.25, 0.3) is 17.4 Å². The number of esters is 1. The molecular formula is C28H22ClN3O7S. The molecule has 0 saturated heterocycles. The van der Waals surface area contributed by atoms with E-state index < -0.39 is 22.5 Å². The minimum Gasteiger partial charge on any atom is -0.497 e. The molecule has 2 aromatic carbocycles. The molecule has 4 aromatic rings. The number of furan rings is 1. The number of aromatic nitrogens is 1. The van der Waals surface area contributed by atoms with Crippen molar-refractivity contribution in [2.45, 2.75) is 19.9 Å². The van der Waals surface area contributed by atoms with E-state index in [0.29, 0.717) is 37.1 Å². The van der Waals surface area contributed by atoms with E-state index in [1.807, 2.05) is 0 Å². The predicted octanol–water partition coefficient (Wildman–Crippen LogP) is 4.63. The fraction of sp³-hybridized carbons (Fsp3) is 0.179. The molecule has 0 aliphatic carbocycles. The first kappa shape index (κ1) is 27.1. The van der Waals surface area contributed by atoms with Crippen molar-refractivity contribution in [3.63, 3.8) is 0 Å². The Morgan fingerprint density at radius 3 is 2.73 bits per heavy atom. The highest BCUT2D eigenvalue weighted by Crippen LogP contribution is 2.35. The van der Waals surface area contributed by atoms with Crippen molar-refractivity contribution in [1.29, 1.82) is 0 Å². The Morgan fingerprint density at radius 2 is 2.02 bits per heavy atom. The Bertz CT molecular complexity index is 1870. The average Bonchev–Trinajstić information content (AvgIpc) is 3.52. The van der Waals surface area contributed by atoms with Gasteiger partial charge in [0.25, 0.3) is 11.2 Å². The highest BCUT2D eigenvalue weighted by molar-refractivity contribution is 7.07. The molecule has 5 rings (SSSR count). The van der Waals surface area contributed by atoms with E-state index in [1.165, 1.54) is 29.9 Å². The minimum atomic E-state index is -0.847. The number of halogens is 1. The van der Waals surface area contributed by atoms with Gasteiger partial charge in [-0.1, -0.05) is 41.1 Å². The molecule has 1 aliphatic rings. The molecule has 0 spiro atoms. The standard InChI is InChI=1S/C28H22ClN3O7S/c1-4-38-27(34)24-15(2)30-28-31(25(24)18-7-5-6-8-20(18)29)26(33)23(40-28)14-17-10-12-22(39-17)19-11-9-16(37-3)13-21(19)32(35)36/h5-14,25H,4H2,1-3H3. The molecule has 0 N–H and O–H groups in total. The molecule has 0 amide bonds. The second-order valence-electron chi connectivity index (χ2n) is 8.67. The van der Waals surface area contributed by atoms with Crippen LogP contribution in [0.3, 0.4) is 0 Å². The third kappa shape index (κ3) is 4.85. The van der Waals surface area contributed by atoms with Crippen LogP contribution in [-0.2, 0) is 9.53 Å². The first-order valence-electron chi connectivity index (χ1n) is 12.1. The summed E-state index contributed by atoms with van der Waals surface area (Å²) in [6.45, 7) is 3.54. The van der Waals surface area contributed by atoms with E-state index in [-0.39, 0.29) is 29.2 Å². The second-order valence-corrected chi connectivity index (χ2v) is 10.1. The van der Waals surface area contributed by atoms with Crippen molar-refractivity contribution in [2.75, 3.05) is 13.7 Å². The van der Waals surface area contributed by atoms with Crippen molar-refractivity contribution in [1.82, 2.24) is 4.57 Å². The van der Waals surface area contributed by atoms with Crippen LogP contribution in [0, 0.1) is 10.1 Å². The lowest BCUT2D eigenvalue weighted by atomic mass is 9.96. The van der Waals surface area contributed by atoms with Gasteiger partial charge in [-0.15, -0.1) is 0 Å². The number of fused-ring (bicyclic) bond motifs is 1. The summed E-state index contributed by atoms with van der Waals surface area (Å²) >= 11 is 7.65. The van der Waals surface area contributed by atoms with Crippen LogP contribution in [0.1, 0.15) is 31.2 Å². The molecule has 2 aromatic heterocycles. The number of allylic oxidation sites excluding steroid dienone is 1. The minimum absolute atomic E-state index is 0.155. The molecule has 1 aliphatic heterocycles. The zero-order valence-electron chi connectivity index (χ0n) is 21.5. The van der Waals surface area contributed by atoms with Crippen LogP contribution in [-0.4, -0.2) is 29.2 Å². The summed E-state index contributed by atoms with van der Waals surface area (Å²) in [7, 11) is 1.42. The van der Waals surface area contributed by atoms with Crippen molar-refractivity contribution in [2.24, 2.45) is 4.99 Å². The Kier molecular flexibility index (Phi) is 7.42. The number of hydrogen-bond donors (Lipinski definition) is 0. The molecule has 40 heavy (non-hydrogen) atoms. The van der Waals surface area contributed by atoms with Gasteiger partial charge in [0.2, 0.25) is 0 Å². The average molecular weight is 580 g/mol. The SMILES string of the molecule is CCOC(=O)C1=C(C)N=c2sc(=Cc3ccc(-c4ccc(OC)cc4[N+](=O)[O-])o3)c(=O)n2C1c1ccccc1Cl. The first-order valence-corrected chi connectivity index (χ1v) is 13.3. The van der Waals surface area contributed by atoms with Gasteiger partial charge in [-0.3, -0.25) is 19.5 Å². The van der Waals surface area contributed by atoms with Crippen LogP contribution >= 0.6 is 22.9 Å². The van der Waals surface area contributed by atoms with Crippen LogP contribution < -0.4 is 19.6 Å². The molecule has 204 valence electrons. The highest BCUT2D eigenvalue weighted by Gasteiger charge is 2.34. The summed E-state index contributed by atoms with van der Waals surface area (Å²) < 4.78 is 18.0. The summed E-state index contributed by atoms with van der Waals surface area (Å²) in [5.74, 6) is 0.317. The van der Waals surface area contributed by atoms with E-state index in [1.54, 1.807) is 56.3 Å². The van der Waals surface area contributed by atoms with Gasteiger partial charge < -0.3 is 13.9 Å². The topological polar surface area (TPSA) is 126 Å². The molecule has 0 fully saturated rings. The number of nitro groups is 1. The van der Waals surface area contributed by atoms with Gasteiger partial charge in [-0.25, -0.2) is 9.79 Å². The van der Waals surface area contributed by atoms with Crippen molar-refractivity contribution >= 4 is 40.7 Å². The number of ether oxygens (including phenoxy) is 2. The number of carbonyl (C=O) groups excluding carboxylic acids is 1. The number of thiazole rings is 1. The maximum absolute atomic E-state index is 13.8. The van der Waals surface area contributed by atoms with Gasteiger partial charge >= 0.3 is 5.97 Å². The monoisotopic (exact) mass is 579 g/mol. The van der Waals surface area contributed by atoms with Crippen LogP contribution in [0.2, 0.25) is 5.02 Å². The predicted molar refractivity (Wildman–Crippen MR) is 149 cm³/mol. The molecule has 0 radical (unpaired) electrons. The molecule has 3 heterocycles. The molecule has 1 unspecified atom stereocenters. The molecule has 0 bridgehead atoms. The maximum Gasteiger partial charge on any atom is 0.338 e. The van der Waals surface area contributed by atoms with Gasteiger partial charge in [0.1, 0.15) is 23.3 Å². The number of carbonyl (C=O) groups is 1. The number of nitrogens with zero attached hydrogens (tertiary/aromatic N) is 3. The van der Waals surface area contributed by atoms with E-state index >= 15 is 0 Å². The molecule has 1 atom stereocenters. The lowest BCUT2D eigenvalue weighted by Gasteiger charge is -2.25. The van der Waals surface area contributed by atoms with Crippen LogP contribution in [0.4, 0.5) is 5.69 Å². The third-order valence-electron chi connectivity index (χ3n) is 6.28. The Balaban J connectivity index is 1.64. The zero-order chi connectivity index (χ0) is 28.6. The molecule has 10 nitrogen and oxygen atoms in total. The number of nitro benzene ring substituents is 1. The highest BCUT2D eigenvalue weighted by atomic mass is 35.5. The van der Waals surface area contributed by atoms with Crippen molar-refractivity contribution in [3.8, 4) is 17.1 Å². The van der Waals surface area contributed by atoms with Crippen molar-refractivity contribution < 1.29 is 23.6 Å². The van der Waals surface area contributed by atoms with Gasteiger partial charge in [0.05, 0.1) is 46.1 Å². The lowest BCUT2D eigenvalue weighted by molar-refractivity contribution is -0.384. The van der Waals surface area contributed by atoms with Gasteiger partial charge in [-0.05, 0) is 49.7 Å². The molecule has 12 heteroatoms. The first-order chi connectivity index (χ1) is 19.2. The summed E-state index contributed by atoms with van der Waals surface area (Å²) in [5, 5.41) is 12.0. The fourth-order valence-corrected chi connectivity index (χ4v) is 5.75. The normalized spacial score (nSPS) is 15.0. The fourth-order valence-electron chi connectivity index (χ4n) is 4.48. The maximum atomic E-state index is 13.8. The summed E-state index contributed by atoms with van der Waals surface area (Å²) in [5.41, 5.74) is 0.878. The van der Waals surface area contributed by atoms with Crippen LogP contribution in [0.15, 0.2) is 80.1 Å². The quantitative estimate of drug-likeness (QED) is 0.177. The Labute approximate surface area is 236 Å². The number of benzene rings is 2. The Hall–Kier alpha value is -4.48.